The highest BCUT2D eigenvalue weighted by Crippen LogP contribution is 2.20. The van der Waals surface area contributed by atoms with E-state index in [2.05, 4.69) is 0 Å². The molecule has 1 aliphatic heterocycles. The first-order chi connectivity index (χ1) is 10.1. The predicted molar refractivity (Wildman–Crippen MR) is 78.1 cm³/mol. The molecular formula is C16H21NO4. The lowest BCUT2D eigenvalue weighted by Gasteiger charge is -2.32. The van der Waals surface area contributed by atoms with E-state index in [1.54, 1.807) is 23.1 Å². The van der Waals surface area contributed by atoms with Gasteiger partial charge in [-0.25, -0.2) is 4.79 Å². The zero-order valence-corrected chi connectivity index (χ0v) is 12.0. The second-order valence-electron chi connectivity index (χ2n) is 5.50. The van der Waals surface area contributed by atoms with Crippen molar-refractivity contribution in [1.82, 2.24) is 4.90 Å². The molecule has 5 heteroatoms. The highest BCUT2D eigenvalue weighted by atomic mass is 16.4. The fourth-order valence-corrected chi connectivity index (χ4v) is 2.87. The Labute approximate surface area is 124 Å². The van der Waals surface area contributed by atoms with Gasteiger partial charge >= 0.3 is 5.97 Å². The largest absolute Gasteiger partial charge is 0.478 e. The molecule has 0 spiro atoms. The van der Waals surface area contributed by atoms with Crippen LogP contribution in [0, 0.1) is 5.92 Å². The number of carbonyl (C=O) groups is 2. The number of rotatable bonds is 5. The number of carboxylic acid groups (broad SMARTS) is 1. The molecule has 1 aromatic carbocycles. The number of carboxylic acids is 1. The molecule has 1 aliphatic rings. The molecule has 2 N–H and O–H groups in total. The van der Waals surface area contributed by atoms with Crippen LogP contribution in [0.3, 0.4) is 0 Å². The van der Waals surface area contributed by atoms with Crippen LogP contribution >= 0.6 is 0 Å². The second kappa shape index (κ2) is 7.22. The molecule has 114 valence electrons. The molecule has 1 saturated heterocycles. The van der Waals surface area contributed by atoms with Crippen LogP contribution < -0.4 is 0 Å². The van der Waals surface area contributed by atoms with Crippen LogP contribution in [0.5, 0.6) is 0 Å². The minimum Gasteiger partial charge on any atom is -0.478 e. The van der Waals surface area contributed by atoms with E-state index in [1.807, 2.05) is 0 Å². The summed E-state index contributed by atoms with van der Waals surface area (Å²) < 4.78 is 0. The number of aromatic carboxylic acids is 1. The van der Waals surface area contributed by atoms with Gasteiger partial charge in [0.25, 0.3) is 0 Å². The van der Waals surface area contributed by atoms with E-state index in [4.69, 9.17) is 10.2 Å². The van der Waals surface area contributed by atoms with Gasteiger partial charge in [0.15, 0.2) is 0 Å². The molecule has 1 heterocycles. The highest BCUT2D eigenvalue weighted by Gasteiger charge is 2.24. The number of hydrogen-bond donors (Lipinski definition) is 2. The van der Waals surface area contributed by atoms with Crippen molar-refractivity contribution in [3.63, 3.8) is 0 Å². The van der Waals surface area contributed by atoms with Gasteiger partial charge in [-0.15, -0.1) is 0 Å². The van der Waals surface area contributed by atoms with Crippen molar-refractivity contribution in [1.29, 1.82) is 0 Å². The van der Waals surface area contributed by atoms with Crippen molar-refractivity contribution in [2.45, 2.75) is 25.7 Å². The minimum absolute atomic E-state index is 0.0358. The molecule has 1 fully saturated rings. The Bertz CT molecular complexity index is 513. The average Bonchev–Trinajstić information content (AvgIpc) is 2.48. The molecular weight excluding hydrogens is 270 g/mol. The van der Waals surface area contributed by atoms with Gasteiger partial charge in [0.1, 0.15) is 0 Å². The number of carbonyl (C=O) groups excluding carboxylic acids is 1. The fraction of sp³-hybridized carbons (Fsp3) is 0.500. The van der Waals surface area contributed by atoms with Crippen molar-refractivity contribution in [2.75, 3.05) is 19.7 Å². The summed E-state index contributed by atoms with van der Waals surface area (Å²) in [6, 6.07) is 6.63. The van der Waals surface area contributed by atoms with Crippen LogP contribution in [0.1, 0.15) is 35.2 Å². The molecule has 21 heavy (non-hydrogen) atoms. The third-order valence-corrected chi connectivity index (χ3v) is 4.00. The molecule has 0 aliphatic carbocycles. The summed E-state index contributed by atoms with van der Waals surface area (Å²) in [7, 11) is 0. The topological polar surface area (TPSA) is 77.8 Å². The Morgan fingerprint density at radius 3 is 2.76 bits per heavy atom. The Balaban J connectivity index is 2.03. The van der Waals surface area contributed by atoms with Gasteiger partial charge in [-0.2, -0.15) is 0 Å². The average molecular weight is 291 g/mol. The summed E-state index contributed by atoms with van der Waals surface area (Å²) in [6.07, 6.45) is 2.82. The molecule has 1 amide bonds. The van der Waals surface area contributed by atoms with Gasteiger partial charge in [-0.1, -0.05) is 18.2 Å². The van der Waals surface area contributed by atoms with Crippen molar-refractivity contribution in [3.05, 3.63) is 35.4 Å². The SMILES string of the molecule is O=C(O)c1ccccc1CC(=O)N1CCCC(CCO)C1. The van der Waals surface area contributed by atoms with Gasteiger partial charge in [0.2, 0.25) is 5.91 Å². The Morgan fingerprint density at radius 1 is 1.29 bits per heavy atom. The molecule has 5 nitrogen and oxygen atoms in total. The molecule has 1 unspecified atom stereocenters. The first-order valence-corrected chi connectivity index (χ1v) is 7.31. The summed E-state index contributed by atoms with van der Waals surface area (Å²) in [6.45, 7) is 1.53. The fourth-order valence-electron chi connectivity index (χ4n) is 2.87. The summed E-state index contributed by atoms with van der Waals surface area (Å²) in [5.41, 5.74) is 0.744. The molecule has 1 aromatic rings. The van der Waals surface area contributed by atoms with E-state index in [1.165, 1.54) is 6.07 Å². The lowest BCUT2D eigenvalue weighted by molar-refractivity contribution is -0.132. The quantitative estimate of drug-likeness (QED) is 0.863. The number of piperidine rings is 1. The van der Waals surface area contributed by atoms with E-state index in [0.717, 1.165) is 25.8 Å². The van der Waals surface area contributed by atoms with Gasteiger partial charge < -0.3 is 15.1 Å². The molecule has 1 atom stereocenters. The van der Waals surface area contributed by atoms with Gasteiger partial charge in [0, 0.05) is 19.7 Å². The number of likely N-dealkylation sites (tertiary alicyclic amines) is 1. The van der Waals surface area contributed by atoms with Crippen LogP contribution in [0.25, 0.3) is 0 Å². The van der Waals surface area contributed by atoms with Crippen molar-refractivity contribution in [2.24, 2.45) is 5.92 Å². The lowest BCUT2D eigenvalue weighted by Crippen LogP contribution is -2.41. The van der Waals surface area contributed by atoms with Crippen molar-refractivity contribution in [3.8, 4) is 0 Å². The molecule has 0 radical (unpaired) electrons. The number of aliphatic hydroxyl groups excluding tert-OH is 1. The first kappa shape index (κ1) is 15.5. The third-order valence-electron chi connectivity index (χ3n) is 4.00. The number of benzene rings is 1. The zero-order chi connectivity index (χ0) is 15.2. The first-order valence-electron chi connectivity index (χ1n) is 7.31. The number of aliphatic hydroxyl groups is 1. The third kappa shape index (κ3) is 4.04. The highest BCUT2D eigenvalue weighted by molar-refractivity contribution is 5.91. The Hall–Kier alpha value is -1.88. The maximum atomic E-state index is 12.4. The van der Waals surface area contributed by atoms with E-state index in [9.17, 15) is 9.59 Å². The smallest absolute Gasteiger partial charge is 0.335 e. The second-order valence-corrected chi connectivity index (χ2v) is 5.50. The van der Waals surface area contributed by atoms with Gasteiger partial charge in [-0.3, -0.25) is 4.79 Å². The minimum atomic E-state index is -1.00. The molecule has 2 rings (SSSR count). The van der Waals surface area contributed by atoms with Gasteiger partial charge in [-0.05, 0) is 36.8 Å². The van der Waals surface area contributed by atoms with Crippen LogP contribution in [-0.4, -0.2) is 46.7 Å². The molecule has 0 saturated carbocycles. The standard InChI is InChI=1S/C16H21NO4/c18-9-7-12-4-3-8-17(11-12)15(19)10-13-5-1-2-6-14(13)16(20)21/h1-2,5-6,12,18H,3-4,7-11H2,(H,20,21). The maximum absolute atomic E-state index is 12.4. The van der Waals surface area contributed by atoms with Crippen LogP contribution in [0.15, 0.2) is 24.3 Å². The monoisotopic (exact) mass is 291 g/mol. The summed E-state index contributed by atoms with van der Waals surface area (Å²) in [5, 5.41) is 18.2. The van der Waals surface area contributed by atoms with Crippen molar-refractivity contribution < 1.29 is 19.8 Å². The Kier molecular flexibility index (Phi) is 5.33. The van der Waals surface area contributed by atoms with Crippen LogP contribution in [-0.2, 0) is 11.2 Å². The zero-order valence-electron chi connectivity index (χ0n) is 12.0. The number of nitrogens with zero attached hydrogens (tertiary/aromatic N) is 1. The van der Waals surface area contributed by atoms with Crippen molar-refractivity contribution >= 4 is 11.9 Å². The molecule has 0 bridgehead atoms. The predicted octanol–water partition coefficient (Wildman–Crippen LogP) is 1.55. The molecule has 0 aromatic heterocycles. The number of hydrogen-bond acceptors (Lipinski definition) is 3. The van der Waals surface area contributed by atoms with Crippen LogP contribution in [0.4, 0.5) is 0 Å². The summed E-state index contributed by atoms with van der Waals surface area (Å²) >= 11 is 0. The van der Waals surface area contributed by atoms with E-state index >= 15 is 0 Å². The van der Waals surface area contributed by atoms with E-state index < -0.39 is 5.97 Å². The number of amides is 1. The van der Waals surface area contributed by atoms with E-state index in [-0.39, 0.29) is 24.5 Å². The maximum Gasteiger partial charge on any atom is 0.335 e. The van der Waals surface area contributed by atoms with Gasteiger partial charge in [0.05, 0.1) is 12.0 Å². The summed E-state index contributed by atoms with van der Waals surface area (Å²) in [5.74, 6) is -0.691. The lowest BCUT2D eigenvalue weighted by atomic mass is 9.94. The van der Waals surface area contributed by atoms with Crippen LogP contribution in [0.2, 0.25) is 0 Å². The van der Waals surface area contributed by atoms with E-state index in [0.29, 0.717) is 18.0 Å². The Morgan fingerprint density at radius 2 is 2.05 bits per heavy atom. The summed E-state index contributed by atoms with van der Waals surface area (Å²) in [4.78, 5) is 25.3. The normalized spacial score (nSPS) is 18.5.